The zero-order valence-electron chi connectivity index (χ0n) is 22.3. The SMILES string of the molecule is C=C(N)/C(=C\C=C(/C)C(CC(=O)O)c1ccc2c(c1)CN(C(=O)c1cc(C)cc(C)c1)CC2)N(N)CC. The first kappa shape index (κ1) is 27.7. The minimum atomic E-state index is -0.886. The van der Waals surface area contributed by atoms with Gasteiger partial charge in [0.2, 0.25) is 0 Å². The van der Waals surface area contributed by atoms with Crippen LogP contribution in [0.2, 0.25) is 0 Å². The third kappa shape index (κ3) is 6.89. The molecule has 1 atom stereocenters. The van der Waals surface area contributed by atoms with E-state index in [2.05, 4.69) is 24.8 Å². The molecule has 0 saturated heterocycles. The molecule has 1 aliphatic heterocycles. The number of fused-ring (bicyclic) bond motifs is 1. The largest absolute Gasteiger partial charge is 0.481 e. The second-order valence-electron chi connectivity index (χ2n) is 9.81. The number of carbonyl (C=O) groups excluding carboxylic acids is 1. The fraction of sp³-hybridized carbons (Fsp3) is 0.333. The summed E-state index contributed by atoms with van der Waals surface area (Å²) in [5, 5.41) is 11.2. The quantitative estimate of drug-likeness (QED) is 0.263. The van der Waals surface area contributed by atoms with Crippen molar-refractivity contribution in [2.75, 3.05) is 13.1 Å². The number of benzene rings is 2. The molecule has 7 nitrogen and oxygen atoms in total. The second-order valence-corrected chi connectivity index (χ2v) is 9.81. The Labute approximate surface area is 219 Å². The summed E-state index contributed by atoms with van der Waals surface area (Å²) in [5.41, 5.74) is 13.7. The van der Waals surface area contributed by atoms with Gasteiger partial charge >= 0.3 is 5.97 Å². The lowest BCUT2D eigenvalue weighted by Gasteiger charge is -2.30. The maximum Gasteiger partial charge on any atom is 0.304 e. The third-order valence-electron chi connectivity index (χ3n) is 6.81. The Kier molecular flexibility index (Phi) is 8.95. The number of hydrogen-bond donors (Lipinski definition) is 3. The molecule has 1 unspecified atom stereocenters. The van der Waals surface area contributed by atoms with Gasteiger partial charge in [-0.2, -0.15) is 0 Å². The van der Waals surface area contributed by atoms with Crippen molar-refractivity contribution in [3.05, 3.63) is 105 Å². The van der Waals surface area contributed by atoms with Crippen molar-refractivity contribution in [1.82, 2.24) is 9.91 Å². The van der Waals surface area contributed by atoms with Crippen molar-refractivity contribution in [3.63, 3.8) is 0 Å². The Morgan fingerprint density at radius 2 is 1.81 bits per heavy atom. The Bertz CT molecular complexity index is 1240. The maximum atomic E-state index is 13.3. The van der Waals surface area contributed by atoms with Crippen LogP contribution in [0, 0.1) is 13.8 Å². The van der Waals surface area contributed by atoms with Crippen molar-refractivity contribution in [3.8, 4) is 0 Å². The first-order chi connectivity index (χ1) is 17.5. The number of carboxylic acid groups (broad SMARTS) is 1. The highest BCUT2D eigenvalue weighted by Gasteiger charge is 2.24. The second kappa shape index (κ2) is 11.9. The molecule has 3 rings (SSSR count). The number of nitrogens with zero attached hydrogens (tertiary/aromatic N) is 2. The smallest absolute Gasteiger partial charge is 0.304 e. The minimum absolute atomic E-state index is 0.0166. The van der Waals surface area contributed by atoms with Crippen LogP contribution in [0.1, 0.15) is 64.4 Å². The molecule has 0 radical (unpaired) electrons. The third-order valence-corrected chi connectivity index (χ3v) is 6.81. The van der Waals surface area contributed by atoms with Crippen LogP contribution in [-0.2, 0) is 17.8 Å². The maximum absolute atomic E-state index is 13.3. The predicted molar refractivity (Wildman–Crippen MR) is 148 cm³/mol. The van der Waals surface area contributed by atoms with Gasteiger partial charge in [-0.05, 0) is 69.0 Å². The van der Waals surface area contributed by atoms with Crippen molar-refractivity contribution in [1.29, 1.82) is 0 Å². The fourth-order valence-corrected chi connectivity index (χ4v) is 4.85. The van der Waals surface area contributed by atoms with Gasteiger partial charge in [0.15, 0.2) is 0 Å². The molecular formula is C30H38N4O3. The van der Waals surface area contributed by atoms with E-state index < -0.39 is 5.97 Å². The highest BCUT2D eigenvalue weighted by atomic mass is 16.4. The number of allylic oxidation sites excluding steroid dienone is 3. The van der Waals surface area contributed by atoms with Gasteiger partial charge in [0.1, 0.15) is 0 Å². The average molecular weight is 503 g/mol. The molecule has 0 saturated carbocycles. The van der Waals surface area contributed by atoms with Crippen molar-refractivity contribution in [2.45, 2.75) is 53.0 Å². The number of carbonyl (C=O) groups is 2. The number of hydrazine groups is 1. The summed E-state index contributed by atoms with van der Waals surface area (Å²) in [6.45, 7) is 13.3. The van der Waals surface area contributed by atoms with E-state index in [1.165, 1.54) is 10.6 Å². The molecule has 7 heteroatoms. The molecule has 0 aliphatic carbocycles. The zero-order valence-corrected chi connectivity index (χ0v) is 22.3. The molecule has 5 N–H and O–H groups in total. The topological polar surface area (TPSA) is 113 Å². The van der Waals surface area contributed by atoms with Crippen LogP contribution in [0.4, 0.5) is 0 Å². The van der Waals surface area contributed by atoms with Crippen LogP contribution in [0.3, 0.4) is 0 Å². The van der Waals surface area contributed by atoms with E-state index >= 15 is 0 Å². The molecule has 196 valence electrons. The van der Waals surface area contributed by atoms with Gasteiger partial charge in [-0.25, -0.2) is 5.84 Å². The van der Waals surface area contributed by atoms with Crippen LogP contribution in [0.5, 0.6) is 0 Å². The lowest BCUT2D eigenvalue weighted by Crippen LogP contribution is -2.36. The summed E-state index contributed by atoms with van der Waals surface area (Å²) < 4.78 is 0. The summed E-state index contributed by atoms with van der Waals surface area (Å²) >= 11 is 0. The number of aryl methyl sites for hydroxylation is 2. The highest BCUT2D eigenvalue weighted by Crippen LogP contribution is 2.32. The fourth-order valence-electron chi connectivity index (χ4n) is 4.85. The van der Waals surface area contributed by atoms with Gasteiger partial charge in [-0.3, -0.25) is 9.59 Å². The van der Waals surface area contributed by atoms with Crippen molar-refractivity contribution >= 4 is 11.9 Å². The van der Waals surface area contributed by atoms with Gasteiger partial charge in [0.05, 0.1) is 12.1 Å². The Morgan fingerprint density at radius 3 is 2.41 bits per heavy atom. The van der Waals surface area contributed by atoms with Crippen LogP contribution in [-0.4, -0.2) is 40.0 Å². The summed E-state index contributed by atoms with van der Waals surface area (Å²) in [7, 11) is 0. The van der Waals surface area contributed by atoms with Gasteiger partial charge in [0.25, 0.3) is 5.91 Å². The van der Waals surface area contributed by atoms with E-state index in [0.717, 1.165) is 34.2 Å². The van der Waals surface area contributed by atoms with Gasteiger partial charge in [-0.1, -0.05) is 53.6 Å². The summed E-state index contributed by atoms with van der Waals surface area (Å²) in [4.78, 5) is 26.9. The van der Waals surface area contributed by atoms with E-state index in [9.17, 15) is 14.7 Å². The molecule has 1 aliphatic rings. The summed E-state index contributed by atoms with van der Waals surface area (Å²) in [5.74, 6) is 4.80. The van der Waals surface area contributed by atoms with Crippen LogP contribution in [0.15, 0.2) is 72.1 Å². The molecule has 0 fully saturated rings. The molecule has 0 bridgehead atoms. The van der Waals surface area contributed by atoms with Crippen molar-refractivity contribution in [2.24, 2.45) is 11.6 Å². The van der Waals surface area contributed by atoms with Crippen molar-refractivity contribution < 1.29 is 14.7 Å². The van der Waals surface area contributed by atoms with Gasteiger partial charge < -0.3 is 20.7 Å². The zero-order chi connectivity index (χ0) is 27.3. The van der Waals surface area contributed by atoms with Gasteiger partial charge in [0, 0.05) is 36.8 Å². The normalized spacial score (nSPS) is 14.7. The molecule has 0 spiro atoms. The standard InChI is InChI=1S/C30H38N4O3/c1-6-34(32)28(22(5)31)10-7-21(4)27(17-29(35)36)24-9-8-23-11-12-33(18-26(23)16-24)30(37)25-14-19(2)13-20(3)15-25/h7-10,13-16,27H,5-6,11-12,17-18,31-32H2,1-4H3,(H,35,36)/b21-7+,28-10+. The first-order valence-corrected chi connectivity index (χ1v) is 12.6. The molecule has 2 aromatic carbocycles. The molecule has 1 amide bonds. The lowest BCUT2D eigenvalue weighted by molar-refractivity contribution is -0.137. The summed E-state index contributed by atoms with van der Waals surface area (Å²) in [6, 6.07) is 12.0. The van der Waals surface area contributed by atoms with E-state index in [4.69, 9.17) is 11.6 Å². The van der Waals surface area contributed by atoms with Crippen LogP contribution < -0.4 is 11.6 Å². The number of aliphatic carboxylic acids is 1. The van der Waals surface area contributed by atoms with E-state index in [-0.39, 0.29) is 18.2 Å². The Hall–Kier alpha value is -3.84. The monoisotopic (exact) mass is 502 g/mol. The van der Waals surface area contributed by atoms with Crippen LogP contribution in [0.25, 0.3) is 0 Å². The molecular weight excluding hydrogens is 464 g/mol. The first-order valence-electron chi connectivity index (χ1n) is 12.6. The lowest BCUT2D eigenvalue weighted by atomic mass is 9.85. The predicted octanol–water partition coefficient (Wildman–Crippen LogP) is 4.56. The highest BCUT2D eigenvalue weighted by molar-refractivity contribution is 5.94. The molecule has 2 aromatic rings. The van der Waals surface area contributed by atoms with Crippen LogP contribution >= 0.6 is 0 Å². The number of likely N-dealkylation sites (N-methyl/N-ethyl adjacent to an activating group) is 1. The number of carboxylic acids is 1. The Balaban J connectivity index is 1.91. The van der Waals surface area contributed by atoms with E-state index in [1.54, 1.807) is 6.08 Å². The van der Waals surface area contributed by atoms with Gasteiger partial charge in [-0.15, -0.1) is 0 Å². The number of hydrogen-bond acceptors (Lipinski definition) is 5. The Morgan fingerprint density at radius 1 is 1.14 bits per heavy atom. The average Bonchev–Trinajstić information content (AvgIpc) is 2.85. The van der Waals surface area contributed by atoms with E-state index in [1.807, 2.05) is 56.9 Å². The molecule has 0 aromatic heterocycles. The minimum Gasteiger partial charge on any atom is -0.481 e. The van der Waals surface area contributed by atoms with E-state index in [0.29, 0.717) is 36.6 Å². The molecule has 37 heavy (non-hydrogen) atoms. The summed E-state index contributed by atoms with van der Waals surface area (Å²) in [6.07, 6.45) is 4.34. The number of nitrogens with two attached hydrogens (primary N) is 2. The molecule has 1 heterocycles. The number of amides is 1. The number of rotatable bonds is 9.